The largest absolute Gasteiger partial charge is 0.490 e. The lowest BCUT2D eigenvalue weighted by Crippen LogP contribution is -2.31. The van der Waals surface area contributed by atoms with Crippen LogP contribution in [0.2, 0.25) is 0 Å². The van der Waals surface area contributed by atoms with Crippen LogP contribution in [-0.2, 0) is 16.8 Å². The van der Waals surface area contributed by atoms with Crippen LogP contribution in [0.1, 0.15) is 63.4 Å². The van der Waals surface area contributed by atoms with Crippen LogP contribution in [0.5, 0.6) is 11.6 Å². The second kappa shape index (κ2) is 12.2. The van der Waals surface area contributed by atoms with Gasteiger partial charge in [0.05, 0.1) is 18.3 Å². The molecule has 0 saturated heterocycles. The van der Waals surface area contributed by atoms with E-state index in [-0.39, 0.29) is 29.5 Å². The van der Waals surface area contributed by atoms with Crippen molar-refractivity contribution in [2.75, 3.05) is 25.1 Å². The summed E-state index contributed by atoms with van der Waals surface area (Å²) in [5.41, 5.74) is 2.81. The second-order valence-corrected chi connectivity index (χ2v) is 10.6. The van der Waals surface area contributed by atoms with Crippen LogP contribution in [-0.4, -0.2) is 68.7 Å². The molecule has 0 spiro atoms. The number of benzene rings is 1. The number of anilines is 1. The molecule has 11 nitrogen and oxygen atoms in total. The lowest BCUT2D eigenvalue weighted by atomic mass is 9.84. The van der Waals surface area contributed by atoms with Crippen LogP contribution in [0.3, 0.4) is 0 Å². The van der Waals surface area contributed by atoms with E-state index in [2.05, 4.69) is 49.7 Å². The SMILES string of the molecule is CCC(CC)Oc1ccc2nn(CC(=O)c3cc4c(c(C(C)(C)C)c3)OCCN4C)c(=N)n2n1.O=C(O)C(F)(F)F. The molecule has 0 fully saturated rings. The molecular formula is C27H35F3N6O5. The summed E-state index contributed by atoms with van der Waals surface area (Å²) in [6.07, 6.45) is -3.26. The van der Waals surface area contributed by atoms with Gasteiger partial charge in [-0.15, -0.1) is 10.2 Å². The van der Waals surface area contributed by atoms with Crippen molar-refractivity contribution in [3.63, 3.8) is 0 Å². The van der Waals surface area contributed by atoms with E-state index in [9.17, 15) is 18.0 Å². The van der Waals surface area contributed by atoms with Crippen LogP contribution in [0.25, 0.3) is 5.65 Å². The lowest BCUT2D eigenvalue weighted by molar-refractivity contribution is -0.192. The minimum absolute atomic E-state index is 0.0211. The lowest BCUT2D eigenvalue weighted by Gasteiger charge is -2.33. The summed E-state index contributed by atoms with van der Waals surface area (Å²) in [6, 6.07) is 7.31. The molecule has 14 heteroatoms. The molecule has 0 unspecified atom stereocenters. The topological polar surface area (TPSA) is 135 Å². The molecule has 0 atom stereocenters. The maximum atomic E-state index is 13.3. The quantitative estimate of drug-likeness (QED) is 0.397. The van der Waals surface area contributed by atoms with Crippen molar-refractivity contribution < 1.29 is 37.3 Å². The molecule has 0 aliphatic carbocycles. The van der Waals surface area contributed by atoms with Gasteiger partial charge < -0.3 is 19.5 Å². The van der Waals surface area contributed by atoms with Crippen molar-refractivity contribution in [2.24, 2.45) is 0 Å². The van der Waals surface area contributed by atoms with Gasteiger partial charge in [0.25, 0.3) is 0 Å². The van der Waals surface area contributed by atoms with Gasteiger partial charge >= 0.3 is 12.1 Å². The molecular weight excluding hydrogens is 545 g/mol. The highest BCUT2D eigenvalue weighted by atomic mass is 19.4. The van der Waals surface area contributed by atoms with Crippen molar-refractivity contribution in [1.82, 2.24) is 19.4 Å². The molecule has 3 heterocycles. The summed E-state index contributed by atoms with van der Waals surface area (Å²) >= 11 is 0. The predicted octanol–water partition coefficient (Wildman–Crippen LogP) is 4.22. The Hall–Kier alpha value is -4.10. The standard InChI is InChI=1S/C25H34N6O3.C2HF3O2/c1-7-17(8-2)34-22-10-9-21-27-30(24(26)31(21)28-22)15-20(32)16-13-18(25(3,4)5)23-19(14-16)29(6)11-12-33-23;3-2(4,5)1(6)7/h9-10,13-14,17,26H,7-8,11-12,15H2,1-6H3;(H,6,7). The van der Waals surface area contributed by atoms with E-state index in [1.807, 2.05) is 19.2 Å². The van der Waals surface area contributed by atoms with Gasteiger partial charge in [-0.1, -0.05) is 34.6 Å². The molecule has 1 aliphatic heterocycles. The summed E-state index contributed by atoms with van der Waals surface area (Å²) in [5, 5.41) is 24.5. The average Bonchev–Trinajstić information content (AvgIpc) is 3.20. The molecule has 1 aliphatic rings. The summed E-state index contributed by atoms with van der Waals surface area (Å²) in [5.74, 6) is -1.60. The van der Waals surface area contributed by atoms with Gasteiger partial charge in [-0.2, -0.15) is 17.7 Å². The zero-order valence-corrected chi connectivity index (χ0v) is 23.9. The van der Waals surface area contributed by atoms with E-state index in [4.69, 9.17) is 24.8 Å². The molecule has 0 saturated carbocycles. The molecule has 224 valence electrons. The van der Waals surface area contributed by atoms with E-state index >= 15 is 0 Å². The normalized spacial score (nSPS) is 13.4. The maximum Gasteiger partial charge on any atom is 0.490 e. The fourth-order valence-corrected chi connectivity index (χ4v) is 4.11. The van der Waals surface area contributed by atoms with Gasteiger partial charge in [0, 0.05) is 24.2 Å². The molecule has 2 aromatic heterocycles. The first-order valence-corrected chi connectivity index (χ1v) is 13.1. The number of fused-ring (bicyclic) bond motifs is 2. The van der Waals surface area contributed by atoms with Gasteiger partial charge in [-0.25, -0.2) is 9.48 Å². The van der Waals surface area contributed by atoms with Gasteiger partial charge in [-0.05, 0) is 36.5 Å². The van der Waals surface area contributed by atoms with Crippen molar-refractivity contribution in [3.8, 4) is 11.6 Å². The number of aromatic nitrogens is 4. The van der Waals surface area contributed by atoms with Crippen LogP contribution >= 0.6 is 0 Å². The number of ketones is 1. The number of nitrogens with zero attached hydrogens (tertiary/aromatic N) is 5. The number of hydrogen-bond acceptors (Lipinski definition) is 8. The first-order chi connectivity index (χ1) is 19.1. The van der Waals surface area contributed by atoms with Gasteiger partial charge in [0.2, 0.25) is 11.5 Å². The van der Waals surface area contributed by atoms with Crippen molar-refractivity contribution in [3.05, 3.63) is 41.0 Å². The number of carboxylic acid groups (broad SMARTS) is 1. The molecule has 0 radical (unpaired) electrons. The number of likely N-dealkylation sites (N-methyl/N-ethyl adjacent to an activating group) is 1. The first-order valence-electron chi connectivity index (χ1n) is 13.1. The smallest absolute Gasteiger partial charge is 0.489 e. The molecule has 4 rings (SSSR count). The molecule has 0 bridgehead atoms. The van der Waals surface area contributed by atoms with E-state index in [0.717, 1.165) is 36.4 Å². The Labute approximate surface area is 235 Å². The number of rotatable bonds is 7. The minimum atomic E-state index is -5.08. The number of ether oxygens (including phenoxy) is 2. The third-order valence-corrected chi connectivity index (χ3v) is 6.48. The zero-order chi connectivity index (χ0) is 30.7. The highest BCUT2D eigenvalue weighted by molar-refractivity contribution is 5.98. The van der Waals surface area contributed by atoms with E-state index in [0.29, 0.717) is 23.7 Å². The van der Waals surface area contributed by atoms with Gasteiger partial charge in [0.15, 0.2) is 11.4 Å². The summed E-state index contributed by atoms with van der Waals surface area (Å²) in [7, 11) is 2.01. The second-order valence-electron chi connectivity index (χ2n) is 10.6. The van der Waals surface area contributed by atoms with Crippen molar-refractivity contribution >= 4 is 23.1 Å². The fourth-order valence-electron chi connectivity index (χ4n) is 4.11. The number of nitrogens with one attached hydrogen (secondary N) is 1. The number of aliphatic carboxylic acids is 1. The number of alkyl halides is 3. The predicted molar refractivity (Wildman–Crippen MR) is 144 cm³/mol. The van der Waals surface area contributed by atoms with Crippen LogP contribution in [0, 0.1) is 5.41 Å². The molecule has 0 amide bonds. The molecule has 41 heavy (non-hydrogen) atoms. The Morgan fingerprint density at radius 1 is 1.15 bits per heavy atom. The minimum Gasteiger partial charge on any atom is -0.489 e. The molecule has 1 aromatic carbocycles. The van der Waals surface area contributed by atoms with E-state index in [1.54, 1.807) is 12.1 Å². The zero-order valence-electron chi connectivity index (χ0n) is 23.9. The Kier molecular flexibility index (Phi) is 9.34. The highest BCUT2D eigenvalue weighted by Crippen LogP contribution is 2.41. The van der Waals surface area contributed by atoms with Crippen LogP contribution in [0.15, 0.2) is 24.3 Å². The third kappa shape index (κ3) is 7.35. The molecule has 3 aromatic rings. The van der Waals surface area contributed by atoms with E-state index in [1.165, 1.54) is 9.20 Å². The highest BCUT2D eigenvalue weighted by Gasteiger charge is 2.38. The number of carbonyl (C=O) groups is 2. The summed E-state index contributed by atoms with van der Waals surface area (Å²) < 4.78 is 46.4. The van der Waals surface area contributed by atoms with Gasteiger partial charge in [-0.3, -0.25) is 10.2 Å². The number of hydrogen-bond donors (Lipinski definition) is 2. The Bertz CT molecular complexity index is 1470. The third-order valence-electron chi connectivity index (χ3n) is 6.48. The Balaban J connectivity index is 0.000000587. The van der Waals surface area contributed by atoms with E-state index < -0.39 is 12.1 Å². The van der Waals surface area contributed by atoms with Crippen molar-refractivity contribution in [1.29, 1.82) is 5.41 Å². The van der Waals surface area contributed by atoms with Crippen LogP contribution in [0.4, 0.5) is 18.9 Å². The van der Waals surface area contributed by atoms with Crippen molar-refractivity contribution in [2.45, 2.75) is 71.7 Å². The van der Waals surface area contributed by atoms with Crippen LogP contribution < -0.4 is 20.0 Å². The Morgan fingerprint density at radius 3 is 2.34 bits per heavy atom. The fraction of sp³-hybridized carbons (Fsp3) is 0.519. The first kappa shape index (κ1) is 31.4. The number of halogens is 3. The average molecular weight is 581 g/mol. The number of Topliss-reactive ketones (excluding diaryl/α,β-unsaturated/α-hetero) is 1. The number of carboxylic acids is 1. The molecule has 2 N–H and O–H groups in total. The number of carbonyl (C=O) groups excluding carboxylic acids is 1. The van der Waals surface area contributed by atoms with Gasteiger partial charge in [0.1, 0.15) is 18.9 Å². The monoisotopic (exact) mass is 580 g/mol. The Morgan fingerprint density at radius 2 is 1.78 bits per heavy atom. The summed E-state index contributed by atoms with van der Waals surface area (Å²) in [4.78, 5) is 24.4. The maximum absolute atomic E-state index is 13.3. The summed E-state index contributed by atoms with van der Waals surface area (Å²) in [6.45, 7) is 11.8.